The van der Waals surface area contributed by atoms with Crippen molar-refractivity contribution < 1.29 is 22.3 Å². The van der Waals surface area contributed by atoms with Crippen LogP contribution in [-0.2, 0) is 0 Å². The Bertz CT molecular complexity index is 1130. The summed E-state index contributed by atoms with van der Waals surface area (Å²) in [5.74, 6) is 0.109. The lowest BCUT2D eigenvalue weighted by Crippen LogP contribution is -2.22. The number of halogens is 4. The predicted octanol–water partition coefficient (Wildman–Crippen LogP) is 9.43. The van der Waals surface area contributed by atoms with E-state index in [0.717, 1.165) is 37.7 Å². The zero-order chi connectivity index (χ0) is 24.8. The van der Waals surface area contributed by atoms with E-state index in [9.17, 15) is 17.6 Å². The van der Waals surface area contributed by atoms with E-state index in [1.807, 2.05) is 0 Å². The van der Waals surface area contributed by atoms with Crippen LogP contribution in [0.15, 0.2) is 78.9 Å². The van der Waals surface area contributed by atoms with Gasteiger partial charge >= 0.3 is 6.11 Å². The van der Waals surface area contributed by atoms with Gasteiger partial charge in [-0.05, 0) is 84.5 Å². The summed E-state index contributed by atoms with van der Waals surface area (Å²) < 4.78 is 61.5. The van der Waals surface area contributed by atoms with Crippen LogP contribution in [-0.4, -0.2) is 6.11 Å². The van der Waals surface area contributed by atoms with Crippen LogP contribution in [0.4, 0.5) is 17.6 Å². The van der Waals surface area contributed by atoms with Gasteiger partial charge in [0.1, 0.15) is 17.4 Å². The first kappa shape index (κ1) is 25.0. The number of hydrogen-bond acceptors (Lipinski definition) is 1. The average Bonchev–Trinajstić information content (AvgIpc) is 2.85. The molecule has 0 heterocycles. The van der Waals surface area contributed by atoms with Crippen LogP contribution in [0.2, 0.25) is 0 Å². The summed E-state index contributed by atoms with van der Waals surface area (Å²) in [7, 11) is 0. The van der Waals surface area contributed by atoms with E-state index in [4.69, 9.17) is 4.74 Å². The third-order valence-electron chi connectivity index (χ3n) is 6.72. The molecule has 0 atom stereocenters. The molecule has 0 amide bonds. The summed E-state index contributed by atoms with van der Waals surface area (Å²) in [5.41, 5.74) is 2.21. The number of hydrogen-bond donors (Lipinski definition) is 0. The summed E-state index contributed by atoms with van der Waals surface area (Å²) in [4.78, 5) is 0. The zero-order valence-electron chi connectivity index (χ0n) is 19.8. The first-order chi connectivity index (χ1) is 16.8. The van der Waals surface area contributed by atoms with Crippen molar-refractivity contribution in [3.05, 3.63) is 90.5 Å². The fourth-order valence-corrected chi connectivity index (χ4v) is 4.79. The van der Waals surface area contributed by atoms with Crippen molar-refractivity contribution in [2.75, 3.05) is 0 Å². The molecule has 0 N–H and O–H groups in total. The van der Waals surface area contributed by atoms with E-state index in [1.165, 1.54) is 55.3 Å². The summed E-state index contributed by atoms with van der Waals surface area (Å²) >= 11 is 0. The number of alkyl halides is 2. The summed E-state index contributed by atoms with van der Waals surface area (Å²) in [5, 5.41) is 0. The van der Waals surface area contributed by atoms with Crippen molar-refractivity contribution >= 4 is 0 Å². The van der Waals surface area contributed by atoms with E-state index in [1.54, 1.807) is 30.3 Å². The molecule has 0 saturated heterocycles. The Balaban J connectivity index is 1.38. The minimum atomic E-state index is -3.40. The molecule has 35 heavy (non-hydrogen) atoms. The molecule has 1 fully saturated rings. The van der Waals surface area contributed by atoms with Gasteiger partial charge in [-0.15, -0.1) is 0 Å². The van der Waals surface area contributed by atoms with Crippen molar-refractivity contribution in [3.63, 3.8) is 0 Å². The van der Waals surface area contributed by atoms with Crippen LogP contribution in [0.3, 0.4) is 0 Å². The van der Waals surface area contributed by atoms with Gasteiger partial charge in [-0.2, -0.15) is 8.78 Å². The van der Waals surface area contributed by atoms with E-state index < -0.39 is 11.9 Å². The highest BCUT2D eigenvalue weighted by molar-refractivity contribution is 5.71. The van der Waals surface area contributed by atoms with Crippen molar-refractivity contribution in [2.45, 2.75) is 51.6 Å². The maximum atomic E-state index is 14.7. The molecule has 1 aliphatic rings. The molecule has 3 aromatic carbocycles. The number of rotatable bonds is 8. The highest BCUT2D eigenvalue weighted by atomic mass is 19.3. The van der Waals surface area contributed by atoms with Crippen LogP contribution in [0, 0.1) is 23.5 Å². The zero-order valence-corrected chi connectivity index (χ0v) is 19.8. The van der Waals surface area contributed by atoms with Crippen molar-refractivity contribution in [1.82, 2.24) is 0 Å². The molecular weight excluding hydrogens is 452 g/mol. The van der Waals surface area contributed by atoms with Crippen LogP contribution in [0.25, 0.3) is 22.3 Å². The van der Waals surface area contributed by atoms with Crippen LogP contribution >= 0.6 is 0 Å². The number of allylic oxidation sites excluding steroid dienone is 1. The van der Waals surface area contributed by atoms with Crippen molar-refractivity contribution in [2.24, 2.45) is 11.8 Å². The molecule has 184 valence electrons. The second-order valence-corrected chi connectivity index (χ2v) is 9.32. The molecule has 0 unspecified atom stereocenters. The number of benzene rings is 3. The lowest BCUT2D eigenvalue weighted by Gasteiger charge is -2.26. The SMILES string of the molecule is CCCC1CCC(/C=C/C(F)(F)Oc2ccc(-c3ccc(-c4ccc(F)cc4)c(F)c3)cc2)CC1. The molecular formula is C30H30F4O. The van der Waals surface area contributed by atoms with Crippen LogP contribution in [0.1, 0.15) is 45.4 Å². The summed E-state index contributed by atoms with van der Waals surface area (Å²) in [6, 6.07) is 16.5. The fraction of sp³-hybridized carbons (Fsp3) is 0.333. The lowest BCUT2D eigenvalue weighted by atomic mass is 9.80. The van der Waals surface area contributed by atoms with Gasteiger partial charge in [0.05, 0.1) is 0 Å². The van der Waals surface area contributed by atoms with Crippen LogP contribution < -0.4 is 4.74 Å². The van der Waals surface area contributed by atoms with Crippen molar-refractivity contribution in [3.8, 4) is 28.0 Å². The maximum absolute atomic E-state index is 14.7. The smallest absolute Gasteiger partial charge is 0.419 e. The standard InChI is InChI=1S/C30H30F4O/c1-2-3-21-4-6-22(7-5-21)18-19-30(33,34)35-27-15-10-23(11-16-27)25-12-17-28(29(32)20-25)24-8-13-26(31)14-9-24/h8-22H,2-7H2,1H3/b19-18+. The minimum Gasteiger partial charge on any atom is -0.429 e. The van der Waals surface area contributed by atoms with Gasteiger partial charge in [0.2, 0.25) is 0 Å². The Hall–Kier alpha value is -3.08. The molecule has 0 aromatic heterocycles. The van der Waals surface area contributed by atoms with E-state index in [2.05, 4.69) is 6.92 Å². The average molecular weight is 483 g/mol. The first-order valence-corrected chi connectivity index (χ1v) is 12.2. The molecule has 0 bridgehead atoms. The van der Waals surface area contributed by atoms with E-state index in [0.29, 0.717) is 22.3 Å². The molecule has 4 rings (SSSR count). The number of ether oxygens (including phenoxy) is 1. The Kier molecular flexibility index (Phi) is 7.94. The summed E-state index contributed by atoms with van der Waals surface area (Å²) in [6.07, 6.45) is 5.56. The molecule has 0 radical (unpaired) electrons. The maximum Gasteiger partial charge on any atom is 0.419 e. The Labute approximate surface area is 204 Å². The molecule has 5 heteroatoms. The second kappa shape index (κ2) is 11.1. The highest BCUT2D eigenvalue weighted by Gasteiger charge is 2.29. The minimum absolute atomic E-state index is 0.0402. The summed E-state index contributed by atoms with van der Waals surface area (Å²) in [6.45, 7) is 2.18. The van der Waals surface area contributed by atoms with Gasteiger partial charge in [0.15, 0.2) is 0 Å². The third kappa shape index (κ3) is 6.74. The lowest BCUT2D eigenvalue weighted by molar-refractivity contribution is -0.132. The third-order valence-corrected chi connectivity index (χ3v) is 6.72. The van der Waals surface area contributed by atoms with Gasteiger partial charge in [-0.25, -0.2) is 8.78 Å². The molecule has 3 aromatic rings. The van der Waals surface area contributed by atoms with Gasteiger partial charge in [-0.1, -0.05) is 62.2 Å². The Morgan fingerprint density at radius 1 is 0.829 bits per heavy atom. The predicted molar refractivity (Wildman–Crippen MR) is 132 cm³/mol. The van der Waals surface area contributed by atoms with Gasteiger partial charge in [-0.3, -0.25) is 0 Å². The van der Waals surface area contributed by atoms with Crippen LogP contribution in [0.5, 0.6) is 5.75 Å². The molecule has 0 aliphatic heterocycles. The van der Waals surface area contributed by atoms with Gasteiger partial charge < -0.3 is 4.74 Å². The van der Waals surface area contributed by atoms with Crippen molar-refractivity contribution in [1.29, 1.82) is 0 Å². The van der Waals surface area contributed by atoms with E-state index >= 15 is 0 Å². The second-order valence-electron chi connectivity index (χ2n) is 9.32. The normalized spacial score (nSPS) is 18.7. The monoisotopic (exact) mass is 482 g/mol. The first-order valence-electron chi connectivity index (χ1n) is 12.2. The molecule has 1 aliphatic carbocycles. The molecule has 1 nitrogen and oxygen atoms in total. The molecule has 1 saturated carbocycles. The van der Waals surface area contributed by atoms with Gasteiger partial charge in [0, 0.05) is 11.6 Å². The molecule has 0 spiro atoms. The van der Waals surface area contributed by atoms with E-state index in [-0.39, 0.29) is 17.5 Å². The largest absolute Gasteiger partial charge is 0.429 e. The van der Waals surface area contributed by atoms with Gasteiger partial charge in [0.25, 0.3) is 0 Å². The topological polar surface area (TPSA) is 9.23 Å². The Morgan fingerprint density at radius 2 is 1.46 bits per heavy atom. The Morgan fingerprint density at radius 3 is 2.09 bits per heavy atom. The highest BCUT2D eigenvalue weighted by Crippen LogP contribution is 2.34. The quantitative estimate of drug-likeness (QED) is 0.229. The fourth-order valence-electron chi connectivity index (χ4n) is 4.79.